The normalized spacial score (nSPS) is 27.2. The maximum absolute atomic E-state index is 12.4. The molecule has 1 aromatic heterocycles. The predicted molar refractivity (Wildman–Crippen MR) is 92.1 cm³/mol. The van der Waals surface area contributed by atoms with E-state index in [1.807, 2.05) is 12.1 Å². The largest absolute Gasteiger partial charge is 0.351 e. The van der Waals surface area contributed by atoms with Gasteiger partial charge in [-0.25, -0.2) is 0 Å². The standard InChI is InChI=1S/C16H18BrN3OS/c17-11-1-2-15-12(7-11)13(19-22-15)8-16(21)18-14-9-20-5-3-10(14)4-6-20/h1-2,7,10,14H,3-6,8-9H2,(H,18,21)/t14-/m0/s1. The van der Waals surface area contributed by atoms with Gasteiger partial charge in [-0.15, -0.1) is 0 Å². The lowest BCUT2D eigenvalue weighted by atomic mass is 9.84. The summed E-state index contributed by atoms with van der Waals surface area (Å²) in [5.41, 5.74) is 0.889. The molecule has 0 spiro atoms. The van der Waals surface area contributed by atoms with Crippen molar-refractivity contribution in [1.82, 2.24) is 14.6 Å². The van der Waals surface area contributed by atoms with Crippen molar-refractivity contribution >= 4 is 43.5 Å². The molecule has 0 saturated carbocycles. The number of carbonyl (C=O) groups excluding carboxylic acids is 1. The van der Waals surface area contributed by atoms with Crippen LogP contribution >= 0.6 is 27.5 Å². The molecule has 22 heavy (non-hydrogen) atoms. The number of hydrogen-bond acceptors (Lipinski definition) is 4. The minimum atomic E-state index is 0.103. The number of hydrogen-bond donors (Lipinski definition) is 1. The molecule has 116 valence electrons. The molecule has 4 nitrogen and oxygen atoms in total. The SMILES string of the molecule is O=C(Cc1nsc2ccc(Br)cc12)N[C@H]1CN2CCC1CC2. The number of fused-ring (bicyclic) bond motifs is 4. The van der Waals surface area contributed by atoms with Gasteiger partial charge in [-0.2, -0.15) is 4.37 Å². The molecule has 1 atom stereocenters. The molecule has 3 aliphatic rings. The Hall–Kier alpha value is -0.980. The maximum atomic E-state index is 12.4. The fourth-order valence-corrected chi connectivity index (χ4v) is 4.76. The summed E-state index contributed by atoms with van der Waals surface area (Å²) >= 11 is 4.95. The second kappa shape index (κ2) is 5.91. The number of rotatable bonds is 3. The molecular formula is C16H18BrN3OS. The molecule has 2 bridgehead atoms. The number of piperidine rings is 3. The van der Waals surface area contributed by atoms with Gasteiger partial charge in [0.05, 0.1) is 16.8 Å². The highest BCUT2D eigenvalue weighted by molar-refractivity contribution is 9.10. The van der Waals surface area contributed by atoms with E-state index in [0.717, 1.165) is 26.8 Å². The van der Waals surface area contributed by atoms with E-state index in [1.54, 1.807) is 0 Å². The summed E-state index contributed by atoms with van der Waals surface area (Å²) in [5.74, 6) is 0.765. The number of carbonyl (C=O) groups is 1. The van der Waals surface area contributed by atoms with Crippen LogP contribution in [-0.4, -0.2) is 40.9 Å². The Kier molecular flexibility index (Phi) is 3.92. The summed E-state index contributed by atoms with van der Waals surface area (Å²) in [4.78, 5) is 14.9. The minimum absolute atomic E-state index is 0.103. The second-order valence-corrected chi connectivity index (χ2v) is 7.98. The Morgan fingerprint density at radius 3 is 2.95 bits per heavy atom. The third-order valence-electron chi connectivity index (χ3n) is 4.84. The highest BCUT2D eigenvalue weighted by atomic mass is 79.9. The molecular weight excluding hydrogens is 362 g/mol. The first-order valence-electron chi connectivity index (χ1n) is 7.74. The average molecular weight is 380 g/mol. The van der Waals surface area contributed by atoms with Crippen molar-refractivity contribution in [3.8, 4) is 0 Å². The fourth-order valence-electron chi connectivity index (χ4n) is 3.63. The van der Waals surface area contributed by atoms with Gasteiger partial charge in [0.2, 0.25) is 5.91 Å². The monoisotopic (exact) mass is 379 g/mol. The Morgan fingerprint density at radius 2 is 2.23 bits per heavy atom. The molecule has 3 aliphatic heterocycles. The molecule has 0 unspecified atom stereocenters. The lowest BCUT2D eigenvalue weighted by Gasteiger charge is -2.44. The van der Waals surface area contributed by atoms with Gasteiger partial charge in [-0.1, -0.05) is 15.9 Å². The summed E-state index contributed by atoms with van der Waals surface area (Å²) < 4.78 is 6.63. The first kappa shape index (κ1) is 14.6. The van der Waals surface area contributed by atoms with Gasteiger partial charge < -0.3 is 10.2 Å². The summed E-state index contributed by atoms with van der Waals surface area (Å²) in [6.45, 7) is 3.41. The molecule has 2 aromatic rings. The lowest BCUT2D eigenvalue weighted by molar-refractivity contribution is -0.122. The molecule has 6 heteroatoms. The molecule has 3 saturated heterocycles. The zero-order valence-corrected chi connectivity index (χ0v) is 14.6. The van der Waals surface area contributed by atoms with E-state index >= 15 is 0 Å². The van der Waals surface area contributed by atoms with Crippen LogP contribution < -0.4 is 5.32 Å². The van der Waals surface area contributed by atoms with Crippen molar-refractivity contribution in [2.45, 2.75) is 25.3 Å². The summed E-state index contributed by atoms with van der Waals surface area (Å²) in [6, 6.07) is 6.44. The predicted octanol–water partition coefficient (Wildman–Crippen LogP) is 2.81. The van der Waals surface area contributed by atoms with E-state index in [0.29, 0.717) is 18.4 Å². The van der Waals surface area contributed by atoms with Crippen LogP contribution in [0.1, 0.15) is 18.5 Å². The third kappa shape index (κ3) is 2.79. The molecule has 1 aromatic carbocycles. The van der Waals surface area contributed by atoms with Crippen molar-refractivity contribution in [2.75, 3.05) is 19.6 Å². The number of nitrogens with zero attached hydrogens (tertiary/aromatic N) is 2. The Bertz CT molecular complexity index is 708. The quantitative estimate of drug-likeness (QED) is 0.891. The molecule has 1 N–H and O–H groups in total. The summed E-state index contributed by atoms with van der Waals surface area (Å²) in [5, 5.41) is 4.33. The van der Waals surface area contributed by atoms with Crippen molar-refractivity contribution in [1.29, 1.82) is 0 Å². The van der Waals surface area contributed by atoms with Crippen LogP contribution in [0.3, 0.4) is 0 Å². The Labute approximate surface area is 142 Å². The van der Waals surface area contributed by atoms with Crippen LogP contribution in [0.2, 0.25) is 0 Å². The smallest absolute Gasteiger partial charge is 0.226 e. The van der Waals surface area contributed by atoms with Crippen LogP contribution in [-0.2, 0) is 11.2 Å². The number of benzene rings is 1. The fraction of sp³-hybridized carbons (Fsp3) is 0.500. The van der Waals surface area contributed by atoms with Crippen molar-refractivity contribution in [3.63, 3.8) is 0 Å². The van der Waals surface area contributed by atoms with Gasteiger partial charge in [-0.05, 0) is 61.6 Å². The molecule has 3 fully saturated rings. The molecule has 4 heterocycles. The van der Waals surface area contributed by atoms with E-state index in [1.165, 1.54) is 37.5 Å². The highest BCUT2D eigenvalue weighted by Gasteiger charge is 2.34. The summed E-state index contributed by atoms with van der Waals surface area (Å²) in [7, 11) is 0. The van der Waals surface area contributed by atoms with Crippen molar-refractivity contribution in [2.24, 2.45) is 5.92 Å². The van der Waals surface area contributed by atoms with Crippen LogP contribution in [0.15, 0.2) is 22.7 Å². The van der Waals surface area contributed by atoms with E-state index in [4.69, 9.17) is 0 Å². The molecule has 1 amide bonds. The number of halogens is 1. The Morgan fingerprint density at radius 1 is 1.41 bits per heavy atom. The Balaban J connectivity index is 1.46. The first-order chi connectivity index (χ1) is 10.7. The first-order valence-corrected chi connectivity index (χ1v) is 9.31. The minimum Gasteiger partial charge on any atom is -0.351 e. The average Bonchev–Trinajstić information content (AvgIpc) is 2.90. The van der Waals surface area contributed by atoms with E-state index in [-0.39, 0.29) is 5.91 Å². The summed E-state index contributed by atoms with van der Waals surface area (Å²) in [6.07, 6.45) is 2.81. The van der Waals surface area contributed by atoms with Crippen molar-refractivity contribution in [3.05, 3.63) is 28.4 Å². The van der Waals surface area contributed by atoms with Gasteiger partial charge in [0, 0.05) is 22.4 Å². The molecule has 0 aliphatic carbocycles. The van der Waals surface area contributed by atoms with Crippen molar-refractivity contribution < 1.29 is 4.79 Å². The van der Waals surface area contributed by atoms with Crippen LogP contribution in [0, 0.1) is 5.92 Å². The topological polar surface area (TPSA) is 45.2 Å². The zero-order valence-electron chi connectivity index (χ0n) is 12.2. The number of nitrogens with one attached hydrogen (secondary N) is 1. The van der Waals surface area contributed by atoms with Gasteiger partial charge in [0.15, 0.2) is 0 Å². The van der Waals surface area contributed by atoms with Gasteiger partial charge in [0.1, 0.15) is 0 Å². The lowest BCUT2D eigenvalue weighted by Crippen LogP contribution is -2.57. The van der Waals surface area contributed by atoms with E-state index in [2.05, 4.69) is 36.6 Å². The van der Waals surface area contributed by atoms with Crippen LogP contribution in [0.4, 0.5) is 0 Å². The van der Waals surface area contributed by atoms with E-state index < -0.39 is 0 Å². The maximum Gasteiger partial charge on any atom is 0.226 e. The third-order valence-corrected chi connectivity index (χ3v) is 6.19. The van der Waals surface area contributed by atoms with Crippen LogP contribution in [0.25, 0.3) is 10.1 Å². The number of amides is 1. The highest BCUT2D eigenvalue weighted by Crippen LogP contribution is 2.28. The van der Waals surface area contributed by atoms with Gasteiger partial charge in [-0.3, -0.25) is 4.79 Å². The van der Waals surface area contributed by atoms with Crippen LogP contribution in [0.5, 0.6) is 0 Å². The molecule has 0 radical (unpaired) electrons. The zero-order chi connectivity index (χ0) is 15.1. The molecule has 5 rings (SSSR count). The second-order valence-electron chi connectivity index (χ2n) is 6.26. The number of aromatic nitrogens is 1. The van der Waals surface area contributed by atoms with Gasteiger partial charge >= 0.3 is 0 Å². The van der Waals surface area contributed by atoms with E-state index in [9.17, 15) is 4.79 Å². The van der Waals surface area contributed by atoms with Gasteiger partial charge in [0.25, 0.3) is 0 Å².